The summed E-state index contributed by atoms with van der Waals surface area (Å²) in [5.74, 6) is -0.371. The minimum absolute atomic E-state index is 0.00227. The number of carbonyl (C=O) groups is 2. The lowest BCUT2D eigenvalue weighted by atomic mass is 9.95. The van der Waals surface area contributed by atoms with Gasteiger partial charge in [0.2, 0.25) is 5.91 Å². The van der Waals surface area contributed by atoms with Crippen molar-refractivity contribution in [1.82, 2.24) is 10.2 Å². The number of nitrogens with one attached hydrogen (secondary N) is 2. The third-order valence-corrected chi connectivity index (χ3v) is 5.40. The van der Waals surface area contributed by atoms with Crippen molar-refractivity contribution in [2.75, 3.05) is 19.0 Å². The molecule has 1 aromatic carbocycles. The summed E-state index contributed by atoms with van der Waals surface area (Å²) in [6.07, 6.45) is 4.75. The first-order valence-corrected chi connectivity index (χ1v) is 10.6. The van der Waals surface area contributed by atoms with E-state index in [-0.39, 0.29) is 11.9 Å². The number of esters is 1. The van der Waals surface area contributed by atoms with Crippen LogP contribution in [0.25, 0.3) is 0 Å². The topological polar surface area (TPSA) is 70.7 Å². The average Bonchev–Trinajstić information content (AvgIpc) is 2.69. The van der Waals surface area contributed by atoms with Crippen molar-refractivity contribution in [1.29, 1.82) is 0 Å². The van der Waals surface area contributed by atoms with Crippen LogP contribution in [-0.4, -0.2) is 35.5 Å². The zero-order valence-corrected chi connectivity index (χ0v) is 18.5. The first kappa shape index (κ1) is 22.9. The molecule has 0 aliphatic carbocycles. The predicted molar refractivity (Wildman–Crippen MR) is 119 cm³/mol. The van der Waals surface area contributed by atoms with Gasteiger partial charge in [0.05, 0.1) is 18.2 Å². The van der Waals surface area contributed by atoms with Crippen LogP contribution in [0, 0.1) is 0 Å². The van der Waals surface area contributed by atoms with Crippen LogP contribution in [0.4, 0.5) is 5.69 Å². The molecule has 1 unspecified atom stereocenters. The van der Waals surface area contributed by atoms with Crippen LogP contribution in [0.5, 0.6) is 0 Å². The molecular weight excluding hydrogens is 386 g/mol. The van der Waals surface area contributed by atoms with Crippen LogP contribution in [0.1, 0.15) is 64.5 Å². The smallest absolute Gasteiger partial charge is 0.338 e. The van der Waals surface area contributed by atoms with Crippen molar-refractivity contribution in [3.05, 3.63) is 41.1 Å². The number of nitrogens with zero attached hydrogens (tertiary/aromatic N) is 1. The molecule has 0 radical (unpaired) electrons. The van der Waals surface area contributed by atoms with Crippen molar-refractivity contribution in [3.63, 3.8) is 0 Å². The number of ether oxygens (including phenoxy) is 1. The summed E-state index contributed by atoms with van der Waals surface area (Å²) in [7, 11) is 1.81. The Morgan fingerprint density at radius 3 is 2.69 bits per heavy atom. The van der Waals surface area contributed by atoms with E-state index in [9.17, 15) is 9.59 Å². The standard InChI is InChI=1S/C22H31N3O3S/c1-5-7-8-9-13-18(26)23-17-12-10-11-16(14-17)20-19(21(27)28-6-2)15(3)25(4)22(29)24-20/h10-12,14,20H,5-9,13H2,1-4H3,(H,23,26)(H,24,29). The lowest BCUT2D eigenvalue weighted by Crippen LogP contribution is -2.46. The van der Waals surface area contributed by atoms with Crippen molar-refractivity contribution in [2.45, 2.75) is 58.9 Å². The zero-order chi connectivity index (χ0) is 21.4. The Labute approximate surface area is 178 Å². The second-order valence-corrected chi connectivity index (χ2v) is 7.53. The van der Waals surface area contributed by atoms with E-state index in [0.717, 1.165) is 36.9 Å². The molecule has 1 aliphatic rings. The molecule has 2 rings (SSSR count). The summed E-state index contributed by atoms with van der Waals surface area (Å²) in [6, 6.07) is 7.07. The molecule has 0 bridgehead atoms. The Kier molecular flexibility index (Phi) is 8.64. The summed E-state index contributed by atoms with van der Waals surface area (Å²) >= 11 is 5.42. The molecule has 7 heteroatoms. The van der Waals surface area contributed by atoms with Crippen molar-refractivity contribution in [3.8, 4) is 0 Å². The van der Waals surface area contributed by atoms with Gasteiger partial charge in [0.15, 0.2) is 5.11 Å². The van der Waals surface area contributed by atoms with Crippen LogP contribution in [-0.2, 0) is 14.3 Å². The van der Waals surface area contributed by atoms with E-state index in [4.69, 9.17) is 17.0 Å². The van der Waals surface area contributed by atoms with Crippen LogP contribution in [0.15, 0.2) is 35.5 Å². The van der Waals surface area contributed by atoms with Crippen molar-refractivity contribution in [2.24, 2.45) is 0 Å². The molecule has 1 aliphatic heterocycles. The minimum Gasteiger partial charge on any atom is -0.463 e. The molecule has 0 aromatic heterocycles. The maximum atomic E-state index is 12.6. The van der Waals surface area contributed by atoms with Crippen molar-refractivity contribution < 1.29 is 14.3 Å². The molecule has 0 saturated heterocycles. The highest BCUT2D eigenvalue weighted by Crippen LogP contribution is 2.31. The summed E-state index contributed by atoms with van der Waals surface area (Å²) in [4.78, 5) is 26.6. The number of hydrogen-bond acceptors (Lipinski definition) is 4. The van der Waals surface area contributed by atoms with Gasteiger partial charge in [0.1, 0.15) is 0 Å². The molecule has 29 heavy (non-hydrogen) atoms. The molecule has 0 spiro atoms. The molecule has 1 amide bonds. The fourth-order valence-corrected chi connectivity index (χ4v) is 3.55. The van der Waals surface area contributed by atoms with Gasteiger partial charge < -0.3 is 20.3 Å². The third kappa shape index (κ3) is 6.03. The summed E-state index contributed by atoms with van der Waals surface area (Å²) in [6.45, 7) is 6.08. The number of carbonyl (C=O) groups excluding carboxylic acids is 2. The van der Waals surface area contributed by atoms with E-state index in [0.29, 0.717) is 29.4 Å². The number of benzene rings is 1. The van der Waals surface area contributed by atoms with Crippen LogP contribution in [0.2, 0.25) is 0 Å². The molecule has 1 atom stereocenters. The number of thiocarbonyl (C=S) groups is 1. The van der Waals surface area contributed by atoms with E-state index in [2.05, 4.69) is 17.6 Å². The molecule has 2 N–H and O–H groups in total. The van der Waals surface area contributed by atoms with Crippen molar-refractivity contribution >= 4 is 34.9 Å². The number of unbranched alkanes of at least 4 members (excludes halogenated alkanes) is 3. The Hall–Kier alpha value is -2.41. The molecular formula is C22H31N3O3S. The SMILES string of the molecule is CCCCCCC(=O)Nc1cccc(C2NC(=S)N(C)C(C)=C2C(=O)OCC)c1. The number of anilines is 1. The maximum absolute atomic E-state index is 12.6. The van der Waals surface area contributed by atoms with E-state index >= 15 is 0 Å². The second kappa shape index (κ2) is 11.0. The van der Waals surface area contributed by atoms with Gasteiger partial charge in [-0.1, -0.05) is 38.3 Å². The van der Waals surface area contributed by atoms with Gasteiger partial charge >= 0.3 is 5.97 Å². The number of hydrogen-bond donors (Lipinski definition) is 2. The number of rotatable bonds is 9. The quantitative estimate of drug-likeness (QED) is 0.355. The Morgan fingerprint density at radius 1 is 1.24 bits per heavy atom. The Morgan fingerprint density at radius 2 is 2.00 bits per heavy atom. The average molecular weight is 418 g/mol. The van der Waals surface area contributed by atoms with E-state index in [1.165, 1.54) is 0 Å². The molecule has 1 aromatic rings. The van der Waals surface area contributed by atoms with Gasteiger partial charge in [-0.3, -0.25) is 4.79 Å². The van der Waals surface area contributed by atoms with Gasteiger partial charge in [0.25, 0.3) is 0 Å². The highest BCUT2D eigenvalue weighted by Gasteiger charge is 2.33. The molecule has 0 saturated carbocycles. The molecule has 158 valence electrons. The highest BCUT2D eigenvalue weighted by molar-refractivity contribution is 7.80. The van der Waals surface area contributed by atoms with Gasteiger partial charge in [-0.2, -0.15) is 0 Å². The normalized spacial score (nSPS) is 16.5. The fourth-order valence-electron chi connectivity index (χ4n) is 3.29. The summed E-state index contributed by atoms with van der Waals surface area (Å²) in [5.41, 5.74) is 2.82. The van der Waals surface area contributed by atoms with Crippen LogP contribution >= 0.6 is 12.2 Å². The van der Waals surface area contributed by atoms with Crippen LogP contribution < -0.4 is 10.6 Å². The monoisotopic (exact) mass is 417 g/mol. The minimum atomic E-state index is -0.431. The Balaban J connectivity index is 2.21. The van der Waals surface area contributed by atoms with Gasteiger partial charge in [-0.25, -0.2) is 4.79 Å². The van der Waals surface area contributed by atoms with Gasteiger partial charge in [0, 0.05) is 24.9 Å². The highest BCUT2D eigenvalue weighted by atomic mass is 32.1. The number of amides is 1. The maximum Gasteiger partial charge on any atom is 0.338 e. The van der Waals surface area contributed by atoms with Gasteiger partial charge in [-0.05, 0) is 50.2 Å². The number of allylic oxidation sites excluding steroid dienone is 1. The third-order valence-electron chi connectivity index (χ3n) is 5.01. The first-order valence-electron chi connectivity index (χ1n) is 10.2. The Bertz CT molecular complexity index is 791. The van der Waals surface area contributed by atoms with Gasteiger partial charge in [-0.15, -0.1) is 0 Å². The lowest BCUT2D eigenvalue weighted by Gasteiger charge is -2.35. The largest absolute Gasteiger partial charge is 0.463 e. The first-order chi connectivity index (χ1) is 13.9. The molecule has 0 fully saturated rings. The molecule has 1 heterocycles. The zero-order valence-electron chi connectivity index (χ0n) is 17.7. The molecule has 6 nitrogen and oxygen atoms in total. The van der Waals surface area contributed by atoms with E-state index < -0.39 is 6.04 Å². The summed E-state index contributed by atoms with van der Waals surface area (Å²) in [5, 5.41) is 6.71. The van der Waals surface area contributed by atoms with E-state index in [1.54, 1.807) is 11.8 Å². The fraction of sp³-hybridized carbons (Fsp3) is 0.500. The lowest BCUT2D eigenvalue weighted by molar-refractivity contribution is -0.139. The van der Waals surface area contributed by atoms with Crippen LogP contribution in [0.3, 0.4) is 0 Å². The second-order valence-electron chi connectivity index (χ2n) is 7.15. The predicted octanol–water partition coefficient (Wildman–Crippen LogP) is 4.29. The summed E-state index contributed by atoms with van der Waals surface area (Å²) < 4.78 is 5.27. The van der Waals surface area contributed by atoms with E-state index in [1.807, 2.05) is 38.2 Å².